The van der Waals surface area contributed by atoms with E-state index in [0.717, 1.165) is 43.3 Å². The monoisotopic (exact) mass is 497 g/mol. The van der Waals surface area contributed by atoms with Crippen molar-refractivity contribution in [1.29, 1.82) is 0 Å². The Morgan fingerprint density at radius 3 is 2.91 bits per heavy atom. The number of hydrogen-bond acceptors (Lipinski definition) is 5. The molecule has 0 spiro atoms. The van der Waals surface area contributed by atoms with Crippen LogP contribution >= 0.6 is 22.9 Å². The minimum absolute atomic E-state index is 0.550. The van der Waals surface area contributed by atoms with E-state index in [0.29, 0.717) is 22.1 Å². The molecular formula is C27H25BClN5S. The molecule has 1 aliphatic heterocycles. The van der Waals surface area contributed by atoms with E-state index >= 15 is 0 Å². The molecule has 1 unspecified atom stereocenters. The summed E-state index contributed by atoms with van der Waals surface area (Å²) >= 11 is 8.31. The number of anilines is 1. The van der Waals surface area contributed by atoms with Crippen LogP contribution in [0.25, 0.3) is 27.0 Å². The maximum atomic E-state index is 6.47. The van der Waals surface area contributed by atoms with Gasteiger partial charge in [-0.05, 0) is 59.2 Å². The van der Waals surface area contributed by atoms with E-state index in [4.69, 9.17) is 24.4 Å². The highest BCUT2D eigenvalue weighted by atomic mass is 35.5. The summed E-state index contributed by atoms with van der Waals surface area (Å²) in [6, 6.07) is 18.5. The lowest BCUT2D eigenvalue weighted by molar-refractivity contribution is 0.174. The molecule has 1 atom stereocenters. The van der Waals surface area contributed by atoms with Crippen LogP contribution in [0.3, 0.4) is 0 Å². The van der Waals surface area contributed by atoms with Crippen molar-refractivity contribution >= 4 is 57.8 Å². The number of aromatic nitrogens is 3. The molecule has 174 valence electrons. The van der Waals surface area contributed by atoms with E-state index < -0.39 is 0 Å². The number of halogens is 1. The number of fused-ring (bicyclic) bond motifs is 2. The standard InChI is InChI=1S/C27H25BClN5S/c28-22-14-31-34-26(12-24(32-27(22)34)21-8-1-3-9-23(21)29)30-13-18-6-5-11-33(15-18)16-19-17-35-25-10-4-2-7-20(19)25/h1-4,7-10,12,14,17-18,30H,5-6,11,13,15-16H2. The second-order valence-electron chi connectivity index (χ2n) is 9.22. The maximum Gasteiger partial charge on any atom is 0.150 e. The Labute approximate surface area is 215 Å². The number of nitrogens with one attached hydrogen (secondary N) is 1. The minimum atomic E-state index is 0.550. The van der Waals surface area contributed by atoms with Crippen LogP contribution in [-0.2, 0) is 6.54 Å². The van der Waals surface area contributed by atoms with E-state index in [9.17, 15) is 0 Å². The van der Waals surface area contributed by atoms with Crippen LogP contribution in [0.1, 0.15) is 18.4 Å². The Bertz CT molecular complexity index is 1500. The summed E-state index contributed by atoms with van der Waals surface area (Å²) in [5, 5.41) is 12.5. The van der Waals surface area contributed by atoms with Crippen LogP contribution in [0.2, 0.25) is 5.02 Å². The van der Waals surface area contributed by atoms with Crippen molar-refractivity contribution in [2.45, 2.75) is 19.4 Å². The zero-order valence-corrected chi connectivity index (χ0v) is 20.9. The predicted octanol–water partition coefficient (Wildman–Crippen LogP) is 5.38. The second-order valence-corrected chi connectivity index (χ2v) is 10.5. The molecule has 1 N–H and O–H groups in total. The zero-order valence-electron chi connectivity index (χ0n) is 19.3. The SMILES string of the molecule is [B]c1cnn2c(NCC3CCCN(Cc4csc5ccccc45)C3)cc(-c3ccccc3Cl)nc12. The van der Waals surface area contributed by atoms with Gasteiger partial charge in [0, 0.05) is 47.2 Å². The van der Waals surface area contributed by atoms with Crippen molar-refractivity contribution in [2.24, 2.45) is 5.92 Å². The summed E-state index contributed by atoms with van der Waals surface area (Å²) in [6.45, 7) is 4.09. The number of likely N-dealkylation sites (tertiary alicyclic amines) is 1. The molecule has 3 aromatic heterocycles. The summed E-state index contributed by atoms with van der Waals surface area (Å²) in [5.41, 5.74) is 4.29. The Hall–Kier alpha value is -2.87. The van der Waals surface area contributed by atoms with Crippen molar-refractivity contribution in [3.05, 3.63) is 76.8 Å². The van der Waals surface area contributed by atoms with E-state index in [1.54, 1.807) is 10.7 Å². The molecular weight excluding hydrogens is 473 g/mol. The van der Waals surface area contributed by atoms with E-state index in [1.165, 1.54) is 28.5 Å². The summed E-state index contributed by atoms with van der Waals surface area (Å²) in [5.74, 6) is 1.43. The molecule has 1 saturated heterocycles. The fourth-order valence-electron chi connectivity index (χ4n) is 5.02. The molecule has 5 nitrogen and oxygen atoms in total. The van der Waals surface area contributed by atoms with Crippen molar-refractivity contribution in [2.75, 3.05) is 25.0 Å². The van der Waals surface area contributed by atoms with Crippen LogP contribution in [0.4, 0.5) is 5.82 Å². The molecule has 0 bridgehead atoms. The normalized spacial score (nSPS) is 16.8. The lowest BCUT2D eigenvalue weighted by atomic mass is 9.97. The van der Waals surface area contributed by atoms with Gasteiger partial charge in [0.2, 0.25) is 0 Å². The number of benzene rings is 2. The lowest BCUT2D eigenvalue weighted by Crippen LogP contribution is -2.37. The fourth-order valence-corrected chi connectivity index (χ4v) is 6.21. The Kier molecular flexibility index (Phi) is 6.23. The largest absolute Gasteiger partial charge is 0.370 e. The average molecular weight is 498 g/mol. The van der Waals surface area contributed by atoms with Crippen LogP contribution < -0.4 is 10.8 Å². The molecule has 4 heterocycles. The first-order valence-electron chi connectivity index (χ1n) is 12.0. The molecule has 5 aromatic rings. The van der Waals surface area contributed by atoms with E-state index in [1.807, 2.05) is 41.7 Å². The number of piperidine rings is 1. The van der Waals surface area contributed by atoms with Gasteiger partial charge in [-0.3, -0.25) is 4.90 Å². The highest BCUT2D eigenvalue weighted by Gasteiger charge is 2.21. The molecule has 8 heteroatoms. The van der Waals surface area contributed by atoms with Gasteiger partial charge in [0.15, 0.2) is 5.65 Å². The van der Waals surface area contributed by atoms with Crippen LogP contribution in [0, 0.1) is 5.92 Å². The molecule has 1 fully saturated rings. The quantitative estimate of drug-likeness (QED) is 0.320. The Morgan fingerprint density at radius 1 is 1.14 bits per heavy atom. The van der Waals surface area contributed by atoms with Gasteiger partial charge >= 0.3 is 0 Å². The topological polar surface area (TPSA) is 45.5 Å². The van der Waals surface area contributed by atoms with E-state index in [2.05, 4.69) is 45.0 Å². The highest BCUT2D eigenvalue weighted by molar-refractivity contribution is 7.17. The van der Waals surface area contributed by atoms with Gasteiger partial charge < -0.3 is 5.32 Å². The molecule has 0 aliphatic carbocycles. The number of thiophene rings is 1. The fraction of sp³-hybridized carbons (Fsp3) is 0.259. The Balaban J connectivity index is 1.20. The minimum Gasteiger partial charge on any atom is -0.370 e. The average Bonchev–Trinajstić information content (AvgIpc) is 3.47. The van der Waals surface area contributed by atoms with Gasteiger partial charge in [0.05, 0.1) is 5.69 Å². The molecule has 2 radical (unpaired) electrons. The van der Waals surface area contributed by atoms with Gasteiger partial charge in [-0.2, -0.15) is 9.61 Å². The molecule has 1 aliphatic rings. The number of hydrogen-bond donors (Lipinski definition) is 1. The first kappa shape index (κ1) is 22.6. The highest BCUT2D eigenvalue weighted by Crippen LogP contribution is 2.30. The molecule has 2 aromatic carbocycles. The molecule has 0 saturated carbocycles. The maximum absolute atomic E-state index is 6.47. The molecule has 6 rings (SSSR count). The lowest BCUT2D eigenvalue weighted by Gasteiger charge is -2.33. The summed E-state index contributed by atoms with van der Waals surface area (Å²) in [6.07, 6.45) is 4.07. The third-order valence-electron chi connectivity index (χ3n) is 6.78. The van der Waals surface area contributed by atoms with Crippen LogP contribution in [0.5, 0.6) is 0 Å². The van der Waals surface area contributed by atoms with Crippen molar-refractivity contribution < 1.29 is 0 Å². The first-order chi connectivity index (χ1) is 17.2. The predicted molar refractivity (Wildman–Crippen MR) is 147 cm³/mol. The first-order valence-corrected chi connectivity index (χ1v) is 13.2. The third-order valence-corrected chi connectivity index (χ3v) is 8.12. The Morgan fingerprint density at radius 2 is 2.00 bits per heavy atom. The summed E-state index contributed by atoms with van der Waals surface area (Å²) in [7, 11) is 6.18. The summed E-state index contributed by atoms with van der Waals surface area (Å²) in [4.78, 5) is 7.33. The molecule has 0 amide bonds. The number of rotatable bonds is 6. The van der Waals surface area contributed by atoms with Gasteiger partial charge in [-0.25, -0.2) is 4.98 Å². The smallest absolute Gasteiger partial charge is 0.150 e. The van der Waals surface area contributed by atoms with Gasteiger partial charge in [0.1, 0.15) is 13.7 Å². The van der Waals surface area contributed by atoms with Crippen LogP contribution in [-0.4, -0.2) is 47.0 Å². The van der Waals surface area contributed by atoms with Crippen molar-refractivity contribution in [1.82, 2.24) is 19.5 Å². The van der Waals surface area contributed by atoms with Gasteiger partial charge in [-0.15, -0.1) is 11.3 Å². The summed E-state index contributed by atoms with van der Waals surface area (Å²) < 4.78 is 3.15. The number of nitrogens with zero attached hydrogens (tertiary/aromatic N) is 4. The van der Waals surface area contributed by atoms with Crippen molar-refractivity contribution in [3.63, 3.8) is 0 Å². The van der Waals surface area contributed by atoms with E-state index in [-0.39, 0.29) is 0 Å². The van der Waals surface area contributed by atoms with Crippen LogP contribution in [0.15, 0.2) is 66.2 Å². The second kappa shape index (κ2) is 9.65. The van der Waals surface area contributed by atoms with Gasteiger partial charge in [-0.1, -0.05) is 48.0 Å². The van der Waals surface area contributed by atoms with Gasteiger partial charge in [0.25, 0.3) is 0 Å². The molecule has 35 heavy (non-hydrogen) atoms. The van der Waals surface area contributed by atoms with Crippen molar-refractivity contribution in [3.8, 4) is 11.3 Å². The zero-order chi connectivity index (χ0) is 23.8. The third kappa shape index (κ3) is 4.56.